The van der Waals surface area contributed by atoms with Gasteiger partial charge in [-0.2, -0.15) is 0 Å². The fourth-order valence-corrected chi connectivity index (χ4v) is 7.67. The molecule has 0 unspecified atom stereocenters. The number of aromatic nitrogens is 2. The van der Waals surface area contributed by atoms with Gasteiger partial charge in [-0.15, -0.1) is 0 Å². The Morgan fingerprint density at radius 2 is 0.840 bits per heavy atom. The summed E-state index contributed by atoms with van der Waals surface area (Å²) in [6.45, 7) is 0. The lowest BCUT2D eigenvalue weighted by atomic mass is 9.96. The van der Waals surface area contributed by atoms with Gasteiger partial charge in [0.2, 0.25) is 0 Å². The van der Waals surface area contributed by atoms with Crippen LogP contribution >= 0.6 is 0 Å². The molecule has 0 saturated heterocycles. The molecule has 232 valence electrons. The van der Waals surface area contributed by atoms with Gasteiger partial charge in [0.1, 0.15) is 22.3 Å². The molecule has 0 fully saturated rings. The van der Waals surface area contributed by atoms with Crippen LogP contribution in [0.4, 0.5) is 0 Å². The minimum atomic E-state index is 0.826. The maximum atomic E-state index is 6.30. The van der Waals surface area contributed by atoms with E-state index in [0.717, 1.165) is 99.2 Å². The zero-order chi connectivity index (χ0) is 32.8. The van der Waals surface area contributed by atoms with Crippen LogP contribution in [0.15, 0.2) is 167 Å². The number of rotatable bonds is 3. The van der Waals surface area contributed by atoms with Gasteiger partial charge in [-0.05, 0) is 69.4 Å². The first-order chi connectivity index (χ1) is 24.7. The van der Waals surface area contributed by atoms with Crippen molar-refractivity contribution in [3.63, 3.8) is 0 Å². The highest BCUT2D eigenvalue weighted by atomic mass is 16.3. The monoisotopic (exact) mass is 638 g/mol. The molecule has 0 bridgehead atoms. The minimum absolute atomic E-state index is 0.826. The van der Waals surface area contributed by atoms with Crippen molar-refractivity contribution in [2.45, 2.75) is 0 Å². The summed E-state index contributed by atoms with van der Waals surface area (Å²) in [4.78, 5) is 10.2. The van der Waals surface area contributed by atoms with Crippen molar-refractivity contribution >= 4 is 76.5 Å². The second-order valence-corrected chi connectivity index (χ2v) is 13.0. The van der Waals surface area contributed by atoms with Crippen molar-refractivity contribution in [3.05, 3.63) is 158 Å². The first-order valence-electron chi connectivity index (χ1n) is 16.8. The van der Waals surface area contributed by atoms with Gasteiger partial charge in [0.25, 0.3) is 0 Å². The second-order valence-electron chi connectivity index (χ2n) is 13.0. The SMILES string of the molecule is c1cc(-c2cccc(-c3cnc4c5ccccc5c5ccccc5c4n3)c2)cc(-c2ccc3oc4cc5oc6ccccc6c5cc4c3c2)c1. The summed E-state index contributed by atoms with van der Waals surface area (Å²) in [5.74, 6) is 0. The molecular weight excluding hydrogens is 613 g/mol. The van der Waals surface area contributed by atoms with Crippen molar-refractivity contribution in [1.29, 1.82) is 0 Å². The smallest absolute Gasteiger partial charge is 0.139 e. The van der Waals surface area contributed by atoms with E-state index in [1.54, 1.807) is 0 Å². The van der Waals surface area contributed by atoms with Crippen LogP contribution in [0.1, 0.15) is 0 Å². The average molecular weight is 639 g/mol. The van der Waals surface area contributed by atoms with E-state index in [0.29, 0.717) is 0 Å². The highest BCUT2D eigenvalue weighted by Gasteiger charge is 2.15. The van der Waals surface area contributed by atoms with Gasteiger partial charge >= 0.3 is 0 Å². The Bertz CT molecular complexity index is 3130. The lowest BCUT2D eigenvalue weighted by Gasteiger charge is -2.11. The summed E-state index contributed by atoms with van der Waals surface area (Å²) in [6.07, 6.45) is 1.91. The summed E-state index contributed by atoms with van der Waals surface area (Å²) in [5, 5.41) is 9.01. The van der Waals surface area contributed by atoms with Crippen LogP contribution in [-0.4, -0.2) is 9.97 Å². The summed E-state index contributed by atoms with van der Waals surface area (Å²) < 4.78 is 12.4. The predicted octanol–water partition coefficient (Wildman–Crippen LogP) is 12.7. The van der Waals surface area contributed by atoms with E-state index in [4.69, 9.17) is 18.8 Å². The van der Waals surface area contributed by atoms with Gasteiger partial charge in [0.15, 0.2) is 0 Å². The van der Waals surface area contributed by atoms with E-state index in [1.165, 1.54) is 10.8 Å². The molecule has 0 N–H and O–H groups in total. The lowest BCUT2D eigenvalue weighted by molar-refractivity contribution is 0.656. The molecule has 11 rings (SSSR count). The summed E-state index contributed by atoms with van der Waals surface area (Å²) >= 11 is 0. The Hall–Kier alpha value is -6.78. The molecule has 0 radical (unpaired) electrons. The van der Waals surface area contributed by atoms with Crippen molar-refractivity contribution in [1.82, 2.24) is 9.97 Å². The molecule has 3 heterocycles. The highest BCUT2D eigenvalue weighted by molar-refractivity contribution is 6.23. The largest absolute Gasteiger partial charge is 0.456 e. The number of nitrogens with zero attached hydrogens (tertiary/aromatic N) is 2. The Morgan fingerprint density at radius 1 is 0.320 bits per heavy atom. The quantitative estimate of drug-likeness (QED) is 0.181. The van der Waals surface area contributed by atoms with Gasteiger partial charge in [0.05, 0.1) is 22.9 Å². The van der Waals surface area contributed by atoms with E-state index in [9.17, 15) is 0 Å². The lowest BCUT2D eigenvalue weighted by Crippen LogP contribution is -1.92. The van der Waals surface area contributed by atoms with E-state index in [-0.39, 0.29) is 0 Å². The molecule has 50 heavy (non-hydrogen) atoms. The molecule has 0 amide bonds. The van der Waals surface area contributed by atoms with Gasteiger partial charge in [-0.25, -0.2) is 4.98 Å². The van der Waals surface area contributed by atoms with E-state index >= 15 is 0 Å². The van der Waals surface area contributed by atoms with E-state index in [2.05, 4.69) is 127 Å². The third-order valence-corrected chi connectivity index (χ3v) is 10.1. The molecule has 3 aromatic heterocycles. The number of benzene rings is 8. The van der Waals surface area contributed by atoms with Crippen LogP contribution in [0.25, 0.3) is 110 Å². The molecule has 0 aliphatic rings. The maximum absolute atomic E-state index is 6.30. The summed E-state index contributed by atoms with van der Waals surface area (Å²) in [7, 11) is 0. The highest BCUT2D eigenvalue weighted by Crippen LogP contribution is 2.39. The molecule has 0 spiro atoms. The number of furan rings is 2. The Kier molecular flexibility index (Phi) is 5.63. The predicted molar refractivity (Wildman–Crippen MR) is 205 cm³/mol. The second kappa shape index (κ2) is 10.4. The Labute approximate surface area is 285 Å². The molecule has 0 aliphatic heterocycles. The topological polar surface area (TPSA) is 52.1 Å². The van der Waals surface area contributed by atoms with Crippen LogP contribution in [0.3, 0.4) is 0 Å². The zero-order valence-electron chi connectivity index (χ0n) is 26.7. The van der Waals surface area contributed by atoms with Gasteiger partial charge in [-0.1, -0.05) is 109 Å². The van der Waals surface area contributed by atoms with Crippen LogP contribution in [0.2, 0.25) is 0 Å². The zero-order valence-corrected chi connectivity index (χ0v) is 26.7. The first kappa shape index (κ1) is 27.2. The molecule has 4 heteroatoms. The van der Waals surface area contributed by atoms with Crippen molar-refractivity contribution in [3.8, 4) is 33.5 Å². The van der Waals surface area contributed by atoms with Gasteiger partial charge in [-0.3, -0.25) is 4.98 Å². The van der Waals surface area contributed by atoms with Crippen LogP contribution in [-0.2, 0) is 0 Å². The Morgan fingerprint density at radius 3 is 1.56 bits per heavy atom. The third kappa shape index (κ3) is 4.06. The number of hydrogen-bond donors (Lipinski definition) is 0. The number of fused-ring (bicyclic) bond motifs is 12. The molecule has 0 atom stereocenters. The molecule has 0 aliphatic carbocycles. The fourth-order valence-electron chi connectivity index (χ4n) is 7.67. The van der Waals surface area contributed by atoms with Gasteiger partial charge < -0.3 is 8.83 Å². The minimum Gasteiger partial charge on any atom is -0.456 e. The molecule has 8 aromatic carbocycles. The van der Waals surface area contributed by atoms with Crippen LogP contribution < -0.4 is 0 Å². The van der Waals surface area contributed by atoms with E-state index < -0.39 is 0 Å². The van der Waals surface area contributed by atoms with Crippen molar-refractivity contribution < 1.29 is 8.83 Å². The van der Waals surface area contributed by atoms with Crippen molar-refractivity contribution in [2.24, 2.45) is 0 Å². The number of hydrogen-bond acceptors (Lipinski definition) is 4. The molecule has 4 nitrogen and oxygen atoms in total. The summed E-state index contributed by atoms with van der Waals surface area (Å²) in [6, 6.07) is 53.1. The number of para-hydroxylation sites is 1. The Balaban J connectivity index is 1.00. The fraction of sp³-hybridized carbons (Fsp3) is 0. The molecular formula is C46H26N2O2. The van der Waals surface area contributed by atoms with Gasteiger partial charge in [0, 0.05) is 43.9 Å². The average Bonchev–Trinajstić information content (AvgIpc) is 3.73. The molecule has 11 aromatic rings. The third-order valence-electron chi connectivity index (χ3n) is 10.1. The normalized spacial score (nSPS) is 12.0. The van der Waals surface area contributed by atoms with Crippen molar-refractivity contribution in [2.75, 3.05) is 0 Å². The molecule has 0 saturated carbocycles. The standard InChI is InChI=1S/C46H26N2O2/c1-3-16-35-32(13-1)33-14-2-4-17-36(33)46-45(35)47-26-40(48-46)31-12-8-11-29(22-31)27-9-7-10-28(21-27)30-19-20-42-37(23-30)39-24-38-34-15-5-6-18-41(34)49-43(38)25-44(39)50-42/h1-26H. The van der Waals surface area contributed by atoms with E-state index in [1.807, 2.05) is 30.5 Å². The maximum Gasteiger partial charge on any atom is 0.139 e. The summed E-state index contributed by atoms with van der Waals surface area (Å²) in [5.41, 5.74) is 11.7. The van der Waals surface area contributed by atoms with Crippen LogP contribution in [0, 0.1) is 0 Å². The first-order valence-corrected chi connectivity index (χ1v) is 16.8. The van der Waals surface area contributed by atoms with Crippen LogP contribution in [0.5, 0.6) is 0 Å².